The van der Waals surface area contributed by atoms with Crippen LogP contribution in [0, 0.1) is 45.3 Å². The summed E-state index contributed by atoms with van der Waals surface area (Å²) in [5.41, 5.74) is -4.09. The number of ketones is 5. The van der Waals surface area contributed by atoms with Gasteiger partial charge in [-0.3, -0.25) is 33.6 Å². The summed E-state index contributed by atoms with van der Waals surface area (Å²) in [5.74, 6) is -5.46. The Balaban J connectivity index is 1.89. The number of esters is 1. The van der Waals surface area contributed by atoms with E-state index in [1.165, 1.54) is 13.8 Å². The van der Waals surface area contributed by atoms with Crippen LogP contribution in [0.2, 0.25) is 0 Å². The minimum Gasteiger partial charge on any atom is -0.481 e. The number of carboxylic acids is 1. The second-order valence-corrected chi connectivity index (χ2v) is 14.2. The van der Waals surface area contributed by atoms with E-state index in [1.54, 1.807) is 34.6 Å². The lowest BCUT2D eigenvalue weighted by Crippen LogP contribution is -2.64. The van der Waals surface area contributed by atoms with Crippen LogP contribution in [0.25, 0.3) is 0 Å². The van der Waals surface area contributed by atoms with E-state index in [4.69, 9.17) is 4.74 Å². The monoisotopic (exact) mass is 570 g/mol. The lowest BCUT2D eigenvalue weighted by molar-refractivity contribution is -0.175. The number of fused-ring (bicyclic) bond motifs is 4. The molecular formula is C32H42O9. The molecule has 0 saturated heterocycles. The fourth-order valence-electron chi connectivity index (χ4n) is 8.99. The zero-order chi connectivity index (χ0) is 31.0. The van der Waals surface area contributed by atoms with Crippen molar-refractivity contribution in [3.8, 4) is 0 Å². The molecule has 0 bridgehead atoms. The molecule has 41 heavy (non-hydrogen) atoms. The third-order valence-electron chi connectivity index (χ3n) is 11.5. The molecule has 0 aliphatic heterocycles. The molecule has 0 aromatic heterocycles. The minimum absolute atomic E-state index is 0.0157. The molecule has 0 aromatic rings. The van der Waals surface area contributed by atoms with Crippen LogP contribution in [-0.2, 0) is 38.3 Å². The predicted molar refractivity (Wildman–Crippen MR) is 146 cm³/mol. The number of ether oxygens (including phenoxy) is 1. The molecule has 4 rings (SSSR count). The number of rotatable bonds is 7. The van der Waals surface area contributed by atoms with E-state index in [2.05, 4.69) is 0 Å². The third kappa shape index (κ3) is 4.20. The highest BCUT2D eigenvalue weighted by Gasteiger charge is 2.74. The third-order valence-corrected chi connectivity index (χ3v) is 11.5. The van der Waals surface area contributed by atoms with Crippen LogP contribution < -0.4 is 0 Å². The van der Waals surface area contributed by atoms with Gasteiger partial charge in [-0.1, -0.05) is 41.5 Å². The highest BCUT2D eigenvalue weighted by Crippen LogP contribution is 2.70. The fourth-order valence-corrected chi connectivity index (χ4v) is 8.99. The second kappa shape index (κ2) is 9.80. The Morgan fingerprint density at radius 2 is 1.54 bits per heavy atom. The Labute approximate surface area is 240 Å². The molecule has 9 heteroatoms. The van der Waals surface area contributed by atoms with Crippen LogP contribution >= 0.6 is 0 Å². The molecule has 0 heterocycles. The highest BCUT2D eigenvalue weighted by molar-refractivity contribution is 6.18. The molecule has 0 radical (unpaired) electrons. The largest absolute Gasteiger partial charge is 0.481 e. The summed E-state index contributed by atoms with van der Waals surface area (Å²) in [4.78, 5) is 92.3. The second-order valence-electron chi connectivity index (χ2n) is 14.2. The van der Waals surface area contributed by atoms with Crippen molar-refractivity contribution in [1.82, 2.24) is 0 Å². The number of allylic oxidation sites excluding steroid dienone is 1. The van der Waals surface area contributed by atoms with Gasteiger partial charge in [0.05, 0.1) is 11.3 Å². The molecule has 4 aliphatic rings. The number of aliphatic carboxylic acids is 1. The van der Waals surface area contributed by atoms with Crippen LogP contribution in [0.15, 0.2) is 11.1 Å². The van der Waals surface area contributed by atoms with E-state index < -0.39 is 69.2 Å². The zero-order valence-corrected chi connectivity index (χ0v) is 25.3. The maximum Gasteiger partial charge on any atom is 0.306 e. The summed E-state index contributed by atoms with van der Waals surface area (Å²) in [7, 11) is 0. The van der Waals surface area contributed by atoms with E-state index in [0.717, 1.165) is 0 Å². The van der Waals surface area contributed by atoms with E-state index in [9.17, 15) is 38.7 Å². The minimum atomic E-state index is -1.46. The van der Waals surface area contributed by atoms with E-state index in [1.807, 2.05) is 6.92 Å². The summed E-state index contributed by atoms with van der Waals surface area (Å²) in [6.07, 6.45) is -0.948. The Bertz CT molecular complexity index is 1300. The van der Waals surface area contributed by atoms with Crippen molar-refractivity contribution in [1.29, 1.82) is 0 Å². The lowest BCUT2D eigenvalue weighted by Gasteiger charge is -2.59. The van der Waals surface area contributed by atoms with Crippen LogP contribution in [0.4, 0.5) is 0 Å². The smallest absolute Gasteiger partial charge is 0.306 e. The van der Waals surface area contributed by atoms with Crippen LogP contribution in [0.5, 0.6) is 0 Å². The summed E-state index contributed by atoms with van der Waals surface area (Å²) in [6, 6.07) is 0. The van der Waals surface area contributed by atoms with Crippen LogP contribution in [0.1, 0.15) is 93.9 Å². The van der Waals surface area contributed by atoms with Gasteiger partial charge in [-0.2, -0.15) is 0 Å². The summed E-state index contributed by atoms with van der Waals surface area (Å²) < 4.78 is 5.78. The maximum absolute atomic E-state index is 14.6. The fraction of sp³-hybridized carbons (Fsp3) is 0.719. The normalized spacial score (nSPS) is 37.6. The Hall–Kier alpha value is -2.97. The molecule has 224 valence electrons. The maximum atomic E-state index is 14.6. The predicted octanol–water partition coefficient (Wildman–Crippen LogP) is 4.09. The number of hydrogen-bond donors (Lipinski definition) is 1. The first-order valence-electron chi connectivity index (χ1n) is 14.6. The molecule has 9 nitrogen and oxygen atoms in total. The average molecular weight is 571 g/mol. The van der Waals surface area contributed by atoms with Crippen LogP contribution in [-0.4, -0.2) is 52.1 Å². The van der Waals surface area contributed by atoms with Crippen molar-refractivity contribution in [2.45, 2.75) is 100 Å². The molecule has 2 saturated carbocycles. The Morgan fingerprint density at radius 3 is 2.10 bits per heavy atom. The molecule has 4 aliphatic carbocycles. The van der Waals surface area contributed by atoms with Gasteiger partial charge in [-0.05, 0) is 31.1 Å². The molecule has 2 fully saturated rings. The Kier molecular flexibility index (Phi) is 7.41. The summed E-state index contributed by atoms with van der Waals surface area (Å²) in [6.45, 7) is 13.3. The SMILES string of the molecule is CC(=O)O[C@H]1C(=O)C2=C(C(=O)C[C@@H]3C(C)(C)C(=O)CC[C@@]23C)[C@@]2(C)C(=O)C[C@@H]([C@@H](C)CC(=O)CC(C)C(=O)O)[C@]12C. The summed E-state index contributed by atoms with van der Waals surface area (Å²) >= 11 is 0. The van der Waals surface area contributed by atoms with Gasteiger partial charge < -0.3 is 9.84 Å². The van der Waals surface area contributed by atoms with Crippen molar-refractivity contribution in [3.05, 3.63) is 11.1 Å². The quantitative estimate of drug-likeness (QED) is 0.447. The standard InChI is InChI=1S/C32H42O9/c1-15(11-18(34)12-16(2)28(39)40)19-13-23(37)32(8)24-20(35)14-21-29(4,5)22(36)9-10-30(21,6)25(24)26(38)27(31(19,32)7)41-17(3)33/h15-16,19,21,27H,9-14H2,1-8H3,(H,39,40)/t15-,16?,19-,21+,27-,30+,31+,32+/m0/s1. The lowest BCUT2D eigenvalue weighted by atomic mass is 9.42. The average Bonchev–Trinajstić information content (AvgIpc) is 3.07. The zero-order valence-electron chi connectivity index (χ0n) is 25.3. The first kappa shape index (κ1) is 31.0. The number of Topliss-reactive ketones (excluding diaryl/α,β-unsaturated/α-hetero) is 5. The summed E-state index contributed by atoms with van der Waals surface area (Å²) in [5, 5.41) is 9.23. The molecular weight excluding hydrogens is 528 g/mol. The number of carbonyl (C=O) groups is 7. The molecule has 8 atom stereocenters. The van der Waals surface area contributed by atoms with Crippen molar-refractivity contribution < 1.29 is 43.4 Å². The van der Waals surface area contributed by atoms with E-state index in [0.29, 0.717) is 6.42 Å². The topological polar surface area (TPSA) is 149 Å². The molecule has 0 aromatic carbocycles. The van der Waals surface area contributed by atoms with Crippen molar-refractivity contribution >= 4 is 40.9 Å². The van der Waals surface area contributed by atoms with Crippen molar-refractivity contribution in [2.75, 3.05) is 0 Å². The number of hydrogen-bond acceptors (Lipinski definition) is 8. The molecule has 1 unspecified atom stereocenters. The van der Waals surface area contributed by atoms with E-state index in [-0.39, 0.29) is 66.4 Å². The van der Waals surface area contributed by atoms with Gasteiger partial charge in [-0.25, -0.2) is 0 Å². The van der Waals surface area contributed by atoms with Crippen molar-refractivity contribution in [3.63, 3.8) is 0 Å². The van der Waals surface area contributed by atoms with Crippen LogP contribution in [0.3, 0.4) is 0 Å². The molecule has 0 amide bonds. The number of carbonyl (C=O) groups excluding carboxylic acids is 6. The van der Waals surface area contributed by atoms with Gasteiger partial charge in [0.15, 0.2) is 11.9 Å². The van der Waals surface area contributed by atoms with Gasteiger partial charge >= 0.3 is 11.9 Å². The number of carboxylic acid groups (broad SMARTS) is 1. The first-order chi connectivity index (χ1) is 18.8. The van der Waals surface area contributed by atoms with Gasteiger partial charge in [0.1, 0.15) is 17.3 Å². The Morgan fingerprint density at radius 1 is 0.927 bits per heavy atom. The molecule has 1 N–H and O–H groups in total. The van der Waals surface area contributed by atoms with Gasteiger partial charge in [0.25, 0.3) is 0 Å². The van der Waals surface area contributed by atoms with Gasteiger partial charge in [0.2, 0.25) is 5.78 Å². The van der Waals surface area contributed by atoms with E-state index >= 15 is 0 Å². The van der Waals surface area contributed by atoms with Gasteiger partial charge in [0, 0.05) is 66.4 Å². The van der Waals surface area contributed by atoms with Crippen molar-refractivity contribution in [2.24, 2.45) is 45.3 Å². The highest BCUT2D eigenvalue weighted by atomic mass is 16.5. The molecule has 0 spiro atoms. The van der Waals surface area contributed by atoms with Gasteiger partial charge in [-0.15, -0.1) is 0 Å². The first-order valence-corrected chi connectivity index (χ1v) is 14.6.